The van der Waals surface area contributed by atoms with Crippen LogP contribution in [0.15, 0.2) is 36.7 Å². The van der Waals surface area contributed by atoms with E-state index in [1.807, 2.05) is 12.1 Å². The Morgan fingerprint density at radius 2 is 2.12 bits per heavy atom. The van der Waals surface area contributed by atoms with E-state index in [0.29, 0.717) is 16.5 Å². The molecule has 0 saturated carbocycles. The first kappa shape index (κ1) is 10.1. The Balaban J connectivity index is 2.27. The highest BCUT2D eigenvalue weighted by Crippen LogP contribution is 2.32. The van der Waals surface area contributed by atoms with Crippen LogP contribution in [-0.4, -0.2) is 15.0 Å². The Kier molecular flexibility index (Phi) is 2.23. The van der Waals surface area contributed by atoms with Crippen molar-refractivity contribution in [3.05, 3.63) is 41.7 Å². The maximum atomic E-state index is 6.14. The number of nitrogens with zero attached hydrogens (tertiary/aromatic N) is 2. The molecule has 5 heteroatoms. The summed E-state index contributed by atoms with van der Waals surface area (Å²) >= 11 is 6.14. The molecule has 1 aromatic carbocycles. The monoisotopic (exact) mass is 244 g/mol. The van der Waals surface area contributed by atoms with Gasteiger partial charge in [-0.25, -0.2) is 4.98 Å². The highest BCUT2D eigenvalue weighted by Gasteiger charge is 2.11. The molecule has 3 N–H and O–H groups in total. The second-order valence-electron chi connectivity index (χ2n) is 3.68. The van der Waals surface area contributed by atoms with Crippen molar-refractivity contribution < 1.29 is 0 Å². The second kappa shape index (κ2) is 3.75. The molecule has 0 fully saturated rings. The molecule has 0 spiro atoms. The van der Waals surface area contributed by atoms with Gasteiger partial charge < -0.3 is 10.7 Å². The summed E-state index contributed by atoms with van der Waals surface area (Å²) in [4.78, 5) is 11.6. The van der Waals surface area contributed by atoms with Gasteiger partial charge in [0.25, 0.3) is 0 Å². The van der Waals surface area contributed by atoms with Crippen LogP contribution in [0.2, 0.25) is 5.02 Å². The number of nitrogens with one attached hydrogen (secondary N) is 1. The summed E-state index contributed by atoms with van der Waals surface area (Å²) in [5.74, 6) is 0.663. The first-order valence-corrected chi connectivity index (χ1v) is 5.47. The van der Waals surface area contributed by atoms with Crippen LogP contribution in [0.5, 0.6) is 0 Å². The van der Waals surface area contributed by atoms with Gasteiger partial charge in [0, 0.05) is 11.9 Å². The van der Waals surface area contributed by atoms with Gasteiger partial charge in [-0.05, 0) is 18.2 Å². The van der Waals surface area contributed by atoms with E-state index in [4.69, 9.17) is 17.3 Å². The van der Waals surface area contributed by atoms with Crippen LogP contribution in [0.3, 0.4) is 0 Å². The van der Waals surface area contributed by atoms with E-state index in [1.54, 1.807) is 24.5 Å². The number of anilines is 1. The molecule has 0 bridgehead atoms. The van der Waals surface area contributed by atoms with E-state index < -0.39 is 0 Å². The van der Waals surface area contributed by atoms with Crippen molar-refractivity contribution in [1.82, 2.24) is 15.0 Å². The van der Waals surface area contributed by atoms with E-state index in [-0.39, 0.29) is 0 Å². The first-order chi connectivity index (χ1) is 8.25. The van der Waals surface area contributed by atoms with Crippen molar-refractivity contribution in [2.45, 2.75) is 0 Å². The maximum absolute atomic E-state index is 6.14. The molecule has 0 aliphatic rings. The molecule has 0 saturated heterocycles. The molecular weight excluding hydrogens is 236 g/mol. The third kappa shape index (κ3) is 1.62. The largest absolute Gasteiger partial charge is 0.398 e. The van der Waals surface area contributed by atoms with E-state index in [1.165, 1.54) is 0 Å². The van der Waals surface area contributed by atoms with Crippen molar-refractivity contribution in [3.63, 3.8) is 0 Å². The molecule has 2 aromatic heterocycles. The summed E-state index contributed by atoms with van der Waals surface area (Å²) in [6, 6.07) is 7.24. The van der Waals surface area contributed by atoms with Gasteiger partial charge in [-0.3, -0.25) is 4.98 Å². The summed E-state index contributed by atoms with van der Waals surface area (Å²) in [7, 11) is 0. The molecule has 0 aliphatic heterocycles. The van der Waals surface area contributed by atoms with Crippen LogP contribution in [0.4, 0.5) is 5.69 Å². The molecule has 3 aromatic rings. The summed E-state index contributed by atoms with van der Waals surface area (Å²) in [6.07, 6.45) is 3.42. The molecule has 0 atom stereocenters. The molecule has 4 nitrogen and oxygen atoms in total. The van der Waals surface area contributed by atoms with Gasteiger partial charge in [-0.2, -0.15) is 0 Å². The number of halogens is 1. The lowest BCUT2D eigenvalue weighted by atomic mass is 10.2. The van der Waals surface area contributed by atoms with Gasteiger partial charge in [0.2, 0.25) is 0 Å². The van der Waals surface area contributed by atoms with Gasteiger partial charge in [0.05, 0.1) is 27.8 Å². The average molecular weight is 245 g/mol. The second-order valence-corrected chi connectivity index (χ2v) is 4.09. The fourth-order valence-electron chi connectivity index (χ4n) is 1.77. The first-order valence-electron chi connectivity index (χ1n) is 5.10. The lowest BCUT2D eigenvalue weighted by Crippen LogP contribution is -1.91. The number of hydrogen-bond acceptors (Lipinski definition) is 3. The Morgan fingerprint density at radius 3 is 2.88 bits per heavy atom. The topological polar surface area (TPSA) is 67.6 Å². The summed E-state index contributed by atoms with van der Waals surface area (Å²) in [6.45, 7) is 0. The maximum Gasteiger partial charge on any atom is 0.142 e. The highest BCUT2D eigenvalue weighted by atomic mass is 35.5. The minimum absolute atomic E-state index is 0.581. The molecular formula is C12H9ClN4. The number of imidazole rings is 1. The summed E-state index contributed by atoms with van der Waals surface area (Å²) in [5.41, 5.74) is 8.95. The van der Waals surface area contributed by atoms with Crippen molar-refractivity contribution >= 4 is 28.3 Å². The lowest BCUT2D eigenvalue weighted by molar-refractivity contribution is 1.33. The molecule has 2 heterocycles. The number of aromatic amines is 1. The lowest BCUT2D eigenvalue weighted by Gasteiger charge is -2.03. The van der Waals surface area contributed by atoms with Crippen LogP contribution >= 0.6 is 11.6 Å². The number of hydrogen-bond donors (Lipinski definition) is 2. The summed E-state index contributed by atoms with van der Waals surface area (Å²) in [5, 5.41) is 0.581. The van der Waals surface area contributed by atoms with Gasteiger partial charge >= 0.3 is 0 Å². The van der Waals surface area contributed by atoms with Gasteiger partial charge in [-0.15, -0.1) is 0 Å². The third-order valence-corrected chi connectivity index (χ3v) is 2.88. The van der Waals surface area contributed by atoms with E-state index >= 15 is 0 Å². The van der Waals surface area contributed by atoms with Crippen LogP contribution in [-0.2, 0) is 0 Å². The zero-order valence-corrected chi connectivity index (χ0v) is 9.57. The molecule has 0 unspecified atom stereocenters. The molecule has 3 rings (SSSR count). The van der Waals surface area contributed by atoms with Gasteiger partial charge in [0.1, 0.15) is 5.82 Å². The van der Waals surface area contributed by atoms with Gasteiger partial charge in [-0.1, -0.05) is 17.7 Å². The zero-order chi connectivity index (χ0) is 11.8. The van der Waals surface area contributed by atoms with E-state index in [0.717, 1.165) is 16.6 Å². The summed E-state index contributed by atoms with van der Waals surface area (Å²) < 4.78 is 0. The third-order valence-electron chi connectivity index (χ3n) is 2.57. The number of pyridine rings is 1. The number of rotatable bonds is 1. The van der Waals surface area contributed by atoms with Gasteiger partial charge in [0.15, 0.2) is 0 Å². The van der Waals surface area contributed by atoms with Crippen LogP contribution in [0.1, 0.15) is 0 Å². The number of H-pyrrole nitrogens is 1. The molecule has 84 valence electrons. The predicted octanol–water partition coefficient (Wildman–Crippen LogP) is 2.86. The standard InChI is InChI=1S/C12H9ClN4/c13-7-2-1-3-8(14)11(7)12-16-9-4-5-15-6-10(9)17-12/h1-6H,14H2,(H,16,17). The fraction of sp³-hybridized carbons (Fsp3) is 0. The van der Waals surface area contributed by atoms with E-state index in [9.17, 15) is 0 Å². The Morgan fingerprint density at radius 1 is 1.24 bits per heavy atom. The number of aromatic nitrogens is 3. The average Bonchev–Trinajstić information content (AvgIpc) is 2.71. The molecule has 0 amide bonds. The Hall–Kier alpha value is -2.07. The smallest absolute Gasteiger partial charge is 0.142 e. The van der Waals surface area contributed by atoms with Crippen molar-refractivity contribution in [2.24, 2.45) is 0 Å². The predicted molar refractivity (Wildman–Crippen MR) is 68.7 cm³/mol. The highest BCUT2D eigenvalue weighted by molar-refractivity contribution is 6.33. The minimum Gasteiger partial charge on any atom is -0.398 e. The van der Waals surface area contributed by atoms with Crippen LogP contribution in [0, 0.1) is 0 Å². The normalized spacial score (nSPS) is 10.9. The Bertz CT molecular complexity index is 637. The number of fused-ring (bicyclic) bond motifs is 1. The van der Waals surface area contributed by atoms with Crippen molar-refractivity contribution in [2.75, 3.05) is 5.73 Å². The number of benzene rings is 1. The SMILES string of the molecule is Nc1cccc(Cl)c1-c1nc2ccncc2[nH]1. The van der Waals surface area contributed by atoms with Crippen molar-refractivity contribution in [1.29, 1.82) is 0 Å². The molecule has 0 aliphatic carbocycles. The Labute approximate surface area is 102 Å². The molecule has 17 heavy (non-hydrogen) atoms. The van der Waals surface area contributed by atoms with Crippen LogP contribution < -0.4 is 5.73 Å². The van der Waals surface area contributed by atoms with E-state index in [2.05, 4.69) is 15.0 Å². The van der Waals surface area contributed by atoms with Crippen molar-refractivity contribution in [3.8, 4) is 11.4 Å². The number of nitrogens with two attached hydrogens (primary N) is 1. The molecule has 0 radical (unpaired) electrons. The van der Waals surface area contributed by atoms with Crippen LogP contribution in [0.25, 0.3) is 22.4 Å². The quantitative estimate of drug-likeness (QED) is 0.647. The zero-order valence-electron chi connectivity index (χ0n) is 8.81. The minimum atomic E-state index is 0.581. The fourth-order valence-corrected chi connectivity index (χ4v) is 2.04. The number of nitrogen functional groups attached to an aromatic ring is 1.